The molecule has 0 aliphatic carbocycles. The van der Waals surface area contributed by atoms with Crippen LogP contribution in [0.25, 0.3) is 0 Å². The number of hydrogen-bond acceptors (Lipinski definition) is 5. The lowest BCUT2D eigenvalue weighted by Gasteiger charge is -2.34. The minimum absolute atomic E-state index is 0.276. The Labute approximate surface area is 111 Å². The van der Waals surface area contributed by atoms with Crippen LogP contribution in [0.5, 0.6) is 0 Å². The van der Waals surface area contributed by atoms with Gasteiger partial charge in [-0.3, -0.25) is 14.6 Å². The molecule has 1 saturated heterocycles. The second-order valence-electron chi connectivity index (χ2n) is 4.57. The molecular weight excluding hydrogens is 250 g/mol. The van der Waals surface area contributed by atoms with Gasteiger partial charge in [0.25, 0.3) is 0 Å². The highest BCUT2D eigenvalue weighted by molar-refractivity contribution is 7.10. The third-order valence-electron chi connectivity index (χ3n) is 3.15. The molecule has 0 spiro atoms. The highest BCUT2D eigenvalue weighted by Crippen LogP contribution is 2.20. The highest BCUT2D eigenvalue weighted by atomic mass is 32.1. The Morgan fingerprint density at radius 1 is 1.39 bits per heavy atom. The molecular formula is C12H19N3O2S. The van der Waals surface area contributed by atoms with Gasteiger partial charge in [-0.25, -0.2) is 0 Å². The average molecular weight is 269 g/mol. The van der Waals surface area contributed by atoms with Crippen LogP contribution < -0.4 is 5.73 Å². The molecule has 1 amide bonds. The predicted octanol–water partition coefficient (Wildman–Crippen LogP) is -0.116. The quantitative estimate of drug-likeness (QED) is 0.782. The molecule has 100 valence electrons. The molecule has 5 nitrogen and oxygen atoms in total. The first-order valence-electron chi connectivity index (χ1n) is 6.09. The van der Waals surface area contributed by atoms with Gasteiger partial charge in [0.2, 0.25) is 5.91 Å². The zero-order chi connectivity index (χ0) is 13.0. The fourth-order valence-electron chi connectivity index (χ4n) is 2.17. The lowest BCUT2D eigenvalue weighted by molar-refractivity contribution is -0.119. The van der Waals surface area contributed by atoms with Crippen LogP contribution in [0.3, 0.4) is 0 Å². The number of carbonyl (C=O) groups excluding carboxylic acids is 1. The van der Waals surface area contributed by atoms with E-state index in [0.29, 0.717) is 13.1 Å². The molecule has 18 heavy (non-hydrogen) atoms. The summed E-state index contributed by atoms with van der Waals surface area (Å²) in [6, 6.07) is 3.91. The van der Waals surface area contributed by atoms with Gasteiger partial charge >= 0.3 is 0 Å². The maximum Gasteiger partial charge on any atom is 0.231 e. The van der Waals surface area contributed by atoms with Crippen LogP contribution in [-0.4, -0.2) is 60.1 Å². The van der Waals surface area contributed by atoms with Crippen LogP contribution in [0.15, 0.2) is 17.5 Å². The molecule has 0 saturated carbocycles. The van der Waals surface area contributed by atoms with Gasteiger partial charge in [0.05, 0.1) is 6.54 Å². The van der Waals surface area contributed by atoms with E-state index in [4.69, 9.17) is 5.73 Å². The van der Waals surface area contributed by atoms with E-state index >= 15 is 0 Å². The van der Waals surface area contributed by atoms with Crippen molar-refractivity contribution in [2.45, 2.75) is 6.10 Å². The van der Waals surface area contributed by atoms with Gasteiger partial charge in [0.15, 0.2) is 0 Å². The fourth-order valence-corrected chi connectivity index (χ4v) is 2.87. The third kappa shape index (κ3) is 3.78. The molecule has 1 aliphatic rings. The Morgan fingerprint density at radius 2 is 2.06 bits per heavy atom. The largest absolute Gasteiger partial charge is 0.386 e. The number of nitrogens with two attached hydrogens (primary N) is 1. The SMILES string of the molecule is NC(=O)CN1CCN(C[C@@H](O)c2cccs2)CC1. The molecule has 1 aromatic heterocycles. The topological polar surface area (TPSA) is 69.8 Å². The van der Waals surface area contributed by atoms with Crippen molar-refractivity contribution in [3.63, 3.8) is 0 Å². The van der Waals surface area contributed by atoms with Gasteiger partial charge in [-0.2, -0.15) is 0 Å². The lowest BCUT2D eigenvalue weighted by atomic mass is 10.2. The van der Waals surface area contributed by atoms with Crippen molar-refractivity contribution in [1.82, 2.24) is 9.80 Å². The molecule has 6 heteroatoms. The summed E-state index contributed by atoms with van der Waals surface area (Å²) in [6.07, 6.45) is -0.410. The molecule has 0 radical (unpaired) electrons. The molecule has 1 atom stereocenters. The number of β-amino-alcohol motifs (C(OH)–C–C–N with tert-alkyl or cyclic N) is 1. The monoisotopic (exact) mass is 269 g/mol. The molecule has 1 fully saturated rings. The smallest absolute Gasteiger partial charge is 0.231 e. The number of rotatable bonds is 5. The Morgan fingerprint density at radius 3 is 2.61 bits per heavy atom. The van der Waals surface area contributed by atoms with Gasteiger partial charge in [0, 0.05) is 37.6 Å². The zero-order valence-electron chi connectivity index (χ0n) is 10.3. The molecule has 0 aromatic carbocycles. The Bertz CT molecular complexity index is 375. The standard InChI is InChI=1S/C12H19N3O2S/c13-12(17)9-15-5-3-14(4-6-15)8-10(16)11-2-1-7-18-11/h1-2,7,10,16H,3-6,8-9H2,(H2,13,17)/t10-/m1/s1. The first kappa shape index (κ1) is 13.5. The van der Waals surface area contributed by atoms with E-state index in [2.05, 4.69) is 9.80 Å². The molecule has 3 N–H and O–H groups in total. The van der Waals surface area contributed by atoms with Gasteiger partial charge in [0.1, 0.15) is 6.10 Å². The second-order valence-corrected chi connectivity index (χ2v) is 5.55. The number of nitrogens with zero attached hydrogens (tertiary/aromatic N) is 2. The van der Waals surface area contributed by atoms with E-state index < -0.39 is 6.10 Å². The summed E-state index contributed by atoms with van der Waals surface area (Å²) in [5.41, 5.74) is 5.17. The van der Waals surface area contributed by atoms with Crippen molar-refractivity contribution >= 4 is 17.2 Å². The van der Waals surface area contributed by atoms with Crippen LogP contribution >= 0.6 is 11.3 Å². The first-order valence-corrected chi connectivity index (χ1v) is 6.97. The minimum Gasteiger partial charge on any atom is -0.386 e. The van der Waals surface area contributed by atoms with Crippen LogP contribution in [0.4, 0.5) is 0 Å². The number of thiophene rings is 1. The summed E-state index contributed by atoms with van der Waals surface area (Å²) < 4.78 is 0. The van der Waals surface area contributed by atoms with Crippen LogP contribution in [0.1, 0.15) is 11.0 Å². The van der Waals surface area contributed by atoms with Gasteiger partial charge < -0.3 is 10.8 Å². The molecule has 2 heterocycles. The summed E-state index contributed by atoms with van der Waals surface area (Å²) >= 11 is 1.58. The average Bonchev–Trinajstić information content (AvgIpc) is 2.84. The maximum atomic E-state index is 10.8. The summed E-state index contributed by atoms with van der Waals surface area (Å²) in [4.78, 5) is 16.1. The van der Waals surface area contributed by atoms with Crippen LogP contribution in [-0.2, 0) is 4.79 Å². The Balaban J connectivity index is 1.75. The van der Waals surface area contributed by atoms with Crippen molar-refractivity contribution < 1.29 is 9.90 Å². The molecule has 2 rings (SSSR count). The summed E-state index contributed by atoms with van der Waals surface area (Å²) in [5, 5.41) is 12.0. The van der Waals surface area contributed by atoms with E-state index in [1.54, 1.807) is 11.3 Å². The fraction of sp³-hybridized carbons (Fsp3) is 0.583. The van der Waals surface area contributed by atoms with E-state index in [1.165, 1.54) is 0 Å². The number of aliphatic hydroxyl groups excluding tert-OH is 1. The molecule has 1 aliphatic heterocycles. The molecule has 0 bridgehead atoms. The third-order valence-corrected chi connectivity index (χ3v) is 4.12. The van der Waals surface area contributed by atoms with Gasteiger partial charge in [-0.05, 0) is 11.4 Å². The normalized spacial score (nSPS) is 19.8. The van der Waals surface area contributed by atoms with E-state index in [9.17, 15) is 9.90 Å². The summed E-state index contributed by atoms with van der Waals surface area (Å²) in [6.45, 7) is 4.40. The number of hydrogen-bond donors (Lipinski definition) is 2. The highest BCUT2D eigenvalue weighted by Gasteiger charge is 2.20. The van der Waals surface area contributed by atoms with Crippen molar-refractivity contribution in [2.24, 2.45) is 5.73 Å². The summed E-state index contributed by atoms with van der Waals surface area (Å²) in [7, 11) is 0. The zero-order valence-corrected chi connectivity index (χ0v) is 11.1. The number of amides is 1. The minimum atomic E-state index is -0.410. The van der Waals surface area contributed by atoms with Gasteiger partial charge in [-0.15, -0.1) is 11.3 Å². The van der Waals surface area contributed by atoms with E-state index in [-0.39, 0.29) is 5.91 Å². The first-order chi connectivity index (χ1) is 8.65. The number of piperazine rings is 1. The van der Waals surface area contributed by atoms with E-state index in [1.807, 2.05) is 17.5 Å². The van der Waals surface area contributed by atoms with Crippen LogP contribution in [0.2, 0.25) is 0 Å². The van der Waals surface area contributed by atoms with Crippen molar-refractivity contribution in [3.8, 4) is 0 Å². The Hall–Kier alpha value is -0.950. The van der Waals surface area contributed by atoms with Crippen molar-refractivity contribution in [2.75, 3.05) is 39.3 Å². The Kier molecular flexibility index (Phi) is 4.71. The second kappa shape index (κ2) is 6.29. The maximum absolute atomic E-state index is 10.8. The lowest BCUT2D eigenvalue weighted by Crippen LogP contribution is -2.49. The van der Waals surface area contributed by atoms with Gasteiger partial charge in [-0.1, -0.05) is 6.07 Å². The van der Waals surface area contributed by atoms with Crippen molar-refractivity contribution in [1.29, 1.82) is 0 Å². The van der Waals surface area contributed by atoms with Crippen molar-refractivity contribution in [3.05, 3.63) is 22.4 Å². The van der Waals surface area contributed by atoms with E-state index in [0.717, 1.165) is 31.1 Å². The van der Waals surface area contributed by atoms with Crippen LogP contribution in [0, 0.1) is 0 Å². The molecule has 0 unspecified atom stereocenters. The number of carbonyl (C=O) groups is 1. The summed E-state index contributed by atoms with van der Waals surface area (Å²) in [5.74, 6) is -0.276. The number of aliphatic hydroxyl groups is 1. The number of primary amides is 1. The molecule has 1 aromatic rings. The predicted molar refractivity (Wildman–Crippen MR) is 71.4 cm³/mol.